The highest BCUT2D eigenvalue weighted by Gasteiger charge is 2.48. The summed E-state index contributed by atoms with van der Waals surface area (Å²) in [7, 11) is 0. The molecular formula is C22H41NO18. The minimum atomic E-state index is -1.84. The van der Waals surface area contributed by atoms with E-state index in [2.05, 4.69) is 0 Å². The third-order valence-electron chi connectivity index (χ3n) is 7.15. The second-order valence-corrected chi connectivity index (χ2v) is 10.4. The van der Waals surface area contributed by atoms with Crippen LogP contribution in [-0.2, 0) is 28.4 Å². The Hall–Kier alpha value is -0.760. The maximum atomic E-state index is 10.3. The zero-order chi connectivity index (χ0) is 30.6. The molecule has 15 atom stereocenters. The number of ether oxygens (including phenoxy) is 6. The molecule has 3 fully saturated rings. The van der Waals surface area contributed by atoms with Crippen molar-refractivity contribution in [3.63, 3.8) is 0 Å². The van der Waals surface area contributed by atoms with E-state index in [1.54, 1.807) is 0 Å². The Labute approximate surface area is 233 Å². The van der Waals surface area contributed by atoms with Gasteiger partial charge in [-0.05, 0) is 0 Å². The lowest BCUT2D eigenvalue weighted by atomic mass is 9.98. The van der Waals surface area contributed by atoms with E-state index in [1.165, 1.54) is 0 Å². The van der Waals surface area contributed by atoms with Crippen LogP contribution in [0.4, 0.5) is 0 Å². The van der Waals surface area contributed by atoms with E-state index in [4.69, 9.17) is 34.2 Å². The molecular weight excluding hydrogens is 566 g/mol. The van der Waals surface area contributed by atoms with Gasteiger partial charge in [0.2, 0.25) is 0 Å². The van der Waals surface area contributed by atoms with Crippen LogP contribution in [0.5, 0.6) is 0 Å². The van der Waals surface area contributed by atoms with Crippen molar-refractivity contribution in [1.82, 2.24) is 0 Å². The Morgan fingerprint density at radius 2 is 0.683 bits per heavy atom. The molecule has 0 aromatic carbocycles. The molecule has 3 rings (SSSR count). The summed E-state index contributed by atoms with van der Waals surface area (Å²) in [6.07, 6.45) is -24.5. The van der Waals surface area contributed by atoms with Crippen molar-refractivity contribution in [2.75, 3.05) is 39.6 Å². The van der Waals surface area contributed by atoms with Crippen LogP contribution >= 0.6 is 0 Å². The molecule has 3 aliphatic rings. The van der Waals surface area contributed by atoms with Crippen molar-refractivity contribution in [1.29, 1.82) is 0 Å². The Bertz CT molecular complexity index is 694. The highest BCUT2D eigenvalue weighted by molar-refractivity contribution is 4.94. The van der Waals surface area contributed by atoms with Gasteiger partial charge in [0.25, 0.3) is 0 Å². The SMILES string of the molecule is NC(CO[C@@H]1O[C@H](CO)[C@@H](O)[C@H](O)[C@H]1O)(CO[C@@H]1O[C@H](CO)[C@@H](O)[C@H](O)[C@H]1O)CO[C@@H]1O[C@H](CO)[C@@H](O)[C@H](O)[C@H]1O. The Morgan fingerprint density at radius 3 is 0.902 bits per heavy atom. The number of aliphatic hydroxyl groups is 12. The van der Waals surface area contributed by atoms with Crippen LogP contribution < -0.4 is 5.73 Å². The molecule has 0 aromatic rings. The van der Waals surface area contributed by atoms with E-state index in [9.17, 15) is 61.3 Å². The minimum absolute atomic E-state index is 0.648. The van der Waals surface area contributed by atoms with Crippen molar-refractivity contribution in [3.8, 4) is 0 Å². The first kappa shape index (κ1) is 34.7. The monoisotopic (exact) mass is 607 g/mol. The number of hydrogen-bond donors (Lipinski definition) is 13. The van der Waals surface area contributed by atoms with Gasteiger partial charge in [0.05, 0.1) is 45.2 Å². The summed E-state index contributed by atoms with van der Waals surface area (Å²) in [5, 5.41) is 119. The fourth-order valence-corrected chi connectivity index (χ4v) is 4.48. The second-order valence-electron chi connectivity index (χ2n) is 10.4. The largest absolute Gasteiger partial charge is 0.394 e. The number of aliphatic hydroxyl groups excluding tert-OH is 12. The van der Waals surface area contributed by atoms with E-state index in [1.807, 2.05) is 0 Å². The average Bonchev–Trinajstić information content (AvgIpc) is 2.96. The van der Waals surface area contributed by atoms with E-state index >= 15 is 0 Å². The van der Waals surface area contributed by atoms with Gasteiger partial charge in [-0.2, -0.15) is 0 Å². The van der Waals surface area contributed by atoms with E-state index < -0.39 is 137 Å². The first-order chi connectivity index (χ1) is 19.3. The first-order valence-corrected chi connectivity index (χ1v) is 12.8. The maximum absolute atomic E-state index is 10.3. The fourth-order valence-electron chi connectivity index (χ4n) is 4.48. The van der Waals surface area contributed by atoms with Crippen molar-refractivity contribution < 1.29 is 89.7 Å². The second kappa shape index (κ2) is 14.8. The lowest BCUT2D eigenvalue weighted by Gasteiger charge is -2.43. The molecule has 0 aliphatic carbocycles. The van der Waals surface area contributed by atoms with E-state index in [0.29, 0.717) is 0 Å². The van der Waals surface area contributed by atoms with Crippen molar-refractivity contribution in [2.45, 2.75) is 97.7 Å². The summed E-state index contributed by atoms with van der Waals surface area (Å²) < 4.78 is 32.3. The molecule has 0 aromatic heterocycles. The van der Waals surface area contributed by atoms with Crippen molar-refractivity contribution in [3.05, 3.63) is 0 Å². The van der Waals surface area contributed by atoms with Gasteiger partial charge in [-0.25, -0.2) is 0 Å². The molecule has 41 heavy (non-hydrogen) atoms. The lowest BCUT2D eigenvalue weighted by Crippen LogP contribution is -2.63. The molecule has 19 heteroatoms. The molecule has 3 heterocycles. The lowest BCUT2D eigenvalue weighted by molar-refractivity contribution is -0.322. The Morgan fingerprint density at radius 1 is 0.439 bits per heavy atom. The number of hydrogen-bond acceptors (Lipinski definition) is 19. The summed E-state index contributed by atoms with van der Waals surface area (Å²) in [6.45, 7) is -4.16. The van der Waals surface area contributed by atoms with Crippen LogP contribution in [0.3, 0.4) is 0 Å². The van der Waals surface area contributed by atoms with Crippen LogP contribution in [0, 0.1) is 0 Å². The molecule has 0 spiro atoms. The Balaban J connectivity index is 1.73. The standard InChI is InChI=1S/C22H41NO18/c23-22(4-36-19-16(33)13(30)10(27)7(1-24)39-19,5-37-20-17(34)14(31)11(28)8(2-25)40-20)6-38-21-18(35)15(32)12(29)9(3-26)41-21/h7-21,24-35H,1-6,23H2/t7-,8-,9-,10-,11-,12-,13+,14+,15+,16-,17-,18-,19-,20-,21-/m1/s1. The molecule has 0 bridgehead atoms. The van der Waals surface area contributed by atoms with Gasteiger partial charge in [-0.15, -0.1) is 0 Å². The fraction of sp³-hybridized carbons (Fsp3) is 1.00. The van der Waals surface area contributed by atoms with Crippen molar-refractivity contribution in [2.24, 2.45) is 5.73 Å². The van der Waals surface area contributed by atoms with Gasteiger partial charge in [0.1, 0.15) is 73.2 Å². The van der Waals surface area contributed by atoms with Gasteiger partial charge in [-0.3, -0.25) is 0 Å². The first-order valence-electron chi connectivity index (χ1n) is 12.8. The number of nitrogens with two attached hydrogens (primary N) is 1. The maximum Gasteiger partial charge on any atom is 0.186 e. The molecule has 19 nitrogen and oxygen atoms in total. The normalized spacial score (nSPS) is 46.0. The molecule has 0 unspecified atom stereocenters. The van der Waals surface area contributed by atoms with Crippen molar-refractivity contribution >= 4 is 0 Å². The zero-order valence-electron chi connectivity index (χ0n) is 21.8. The third kappa shape index (κ3) is 7.85. The summed E-state index contributed by atoms with van der Waals surface area (Å²) >= 11 is 0. The van der Waals surface area contributed by atoms with Gasteiger partial charge in [0, 0.05) is 0 Å². The molecule has 14 N–H and O–H groups in total. The molecule has 0 amide bonds. The quantitative estimate of drug-likeness (QED) is 0.0979. The van der Waals surface area contributed by atoms with Crippen LogP contribution in [0.1, 0.15) is 0 Å². The van der Waals surface area contributed by atoms with Gasteiger partial charge in [-0.1, -0.05) is 0 Å². The predicted molar refractivity (Wildman–Crippen MR) is 126 cm³/mol. The summed E-state index contributed by atoms with van der Waals surface area (Å²) in [5.41, 5.74) is 4.57. The molecule has 0 radical (unpaired) electrons. The molecule has 3 saturated heterocycles. The predicted octanol–water partition coefficient (Wildman–Crippen LogP) is -8.87. The van der Waals surface area contributed by atoms with Crippen LogP contribution in [-0.4, -0.2) is 199 Å². The van der Waals surface area contributed by atoms with Gasteiger partial charge < -0.3 is 95.4 Å². The molecule has 3 aliphatic heterocycles. The minimum Gasteiger partial charge on any atom is -0.394 e. The number of rotatable bonds is 12. The summed E-state index contributed by atoms with van der Waals surface area (Å²) in [4.78, 5) is 0. The third-order valence-corrected chi connectivity index (χ3v) is 7.15. The highest BCUT2D eigenvalue weighted by Crippen LogP contribution is 2.27. The van der Waals surface area contributed by atoms with E-state index in [0.717, 1.165) is 0 Å². The van der Waals surface area contributed by atoms with Crippen LogP contribution in [0.15, 0.2) is 0 Å². The average molecular weight is 608 g/mol. The zero-order valence-corrected chi connectivity index (χ0v) is 21.8. The van der Waals surface area contributed by atoms with Crippen LogP contribution in [0.2, 0.25) is 0 Å². The Kier molecular flexibility index (Phi) is 12.5. The van der Waals surface area contributed by atoms with Crippen LogP contribution in [0.25, 0.3) is 0 Å². The summed E-state index contributed by atoms with van der Waals surface area (Å²) in [6, 6.07) is 0. The van der Waals surface area contributed by atoms with Gasteiger partial charge in [0.15, 0.2) is 18.9 Å². The summed E-state index contributed by atoms with van der Waals surface area (Å²) in [5.74, 6) is 0. The van der Waals surface area contributed by atoms with E-state index in [-0.39, 0.29) is 0 Å². The molecule has 242 valence electrons. The molecule has 0 saturated carbocycles. The van der Waals surface area contributed by atoms with Gasteiger partial charge >= 0.3 is 0 Å². The topological polar surface area (TPSA) is 324 Å². The highest BCUT2D eigenvalue weighted by atomic mass is 16.7. The smallest absolute Gasteiger partial charge is 0.186 e.